The highest BCUT2D eigenvalue weighted by Crippen LogP contribution is 2.58. The average molecular weight is 488 g/mol. The Balaban J connectivity index is 1.66. The van der Waals surface area contributed by atoms with Gasteiger partial charge in [-0.1, -0.05) is 71.3 Å². The van der Waals surface area contributed by atoms with Crippen LogP contribution in [0.1, 0.15) is 0 Å². The molecule has 0 saturated carbocycles. The van der Waals surface area contributed by atoms with E-state index in [0.717, 1.165) is 8.96 Å². The minimum absolute atomic E-state index is 1.14. The van der Waals surface area contributed by atoms with Crippen molar-refractivity contribution in [3.05, 3.63) is 66.0 Å². The number of halogens is 2. The van der Waals surface area contributed by atoms with Crippen LogP contribution in [0, 0.1) is 0 Å². The van der Waals surface area contributed by atoms with Gasteiger partial charge in [0.05, 0.1) is 17.4 Å². The van der Waals surface area contributed by atoms with E-state index in [-0.39, 0.29) is 0 Å². The molecule has 2 aliphatic heterocycles. The van der Waals surface area contributed by atoms with Gasteiger partial charge in [-0.15, -0.1) is 0 Å². The fourth-order valence-corrected chi connectivity index (χ4v) is 8.67. The molecule has 2 aliphatic rings. The lowest BCUT2D eigenvalue weighted by molar-refractivity contribution is 1.27. The molecule has 0 fully saturated rings. The van der Waals surface area contributed by atoms with Gasteiger partial charge >= 0.3 is 0 Å². The quantitative estimate of drug-likeness (QED) is 0.400. The molecule has 0 unspecified atom stereocenters. The highest BCUT2D eigenvalue weighted by molar-refractivity contribution is 9.15. The molecule has 22 heavy (non-hydrogen) atoms. The van der Waals surface area contributed by atoms with Crippen LogP contribution in [0.2, 0.25) is 0 Å². The first kappa shape index (κ1) is 15.8. The normalized spacial score (nSPS) is 15.7. The second kappa shape index (κ2) is 6.65. The topological polar surface area (TPSA) is 0 Å². The lowest BCUT2D eigenvalue weighted by Crippen LogP contribution is -1.77. The van der Waals surface area contributed by atoms with Gasteiger partial charge in [-0.25, -0.2) is 0 Å². The van der Waals surface area contributed by atoms with Gasteiger partial charge in [-0.05, 0) is 56.1 Å². The maximum absolute atomic E-state index is 3.79. The van der Waals surface area contributed by atoms with Gasteiger partial charge in [0.2, 0.25) is 0 Å². The van der Waals surface area contributed by atoms with E-state index in [4.69, 9.17) is 0 Å². The third-order valence-electron chi connectivity index (χ3n) is 3.06. The monoisotopic (exact) mass is 486 g/mol. The van der Waals surface area contributed by atoms with E-state index in [1.54, 1.807) is 0 Å². The number of allylic oxidation sites excluding steroid dienone is 2. The molecule has 2 aromatic carbocycles. The number of hydrogen-bond acceptors (Lipinski definition) is 4. The molecular weight excluding hydrogens is 480 g/mol. The van der Waals surface area contributed by atoms with Crippen LogP contribution >= 0.6 is 78.9 Å². The van der Waals surface area contributed by atoms with Crippen molar-refractivity contribution in [2.24, 2.45) is 0 Å². The van der Waals surface area contributed by atoms with E-state index < -0.39 is 0 Å². The highest BCUT2D eigenvalue weighted by atomic mass is 79.9. The molecule has 0 nitrogen and oxygen atoms in total. The minimum atomic E-state index is 1.14. The standard InChI is InChI=1S/C16H8Br2S4/c17-13(15-19-9-5-1-2-6-10(9)20-15)14(18)16-21-11-7-3-4-8-12(11)22-16/h1-8H. The molecule has 0 spiro atoms. The smallest absolute Gasteiger partial charge is 0.0653 e. The van der Waals surface area contributed by atoms with Gasteiger partial charge in [-0.2, -0.15) is 0 Å². The van der Waals surface area contributed by atoms with Crippen molar-refractivity contribution in [2.75, 3.05) is 0 Å². The van der Waals surface area contributed by atoms with Crippen LogP contribution in [0.5, 0.6) is 0 Å². The lowest BCUT2D eigenvalue weighted by Gasteiger charge is -2.04. The Morgan fingerprint density at radius 3 is 1.09 bits per heavy atom. The third kappa shape index (κ3) is 2.98. The molecule has 6 heteroatoms. The van der Waals surface area contributed by atoms with Gasteiger partial charge in [0.15, 0.2) is 0 Å². The average Bonchev–Trinajstić information content (AvgIpc) is 3.16. The van der Waals surface area contributed by atoms with Gasteiger partial charge in [0.25, 0.3) is 0 Å². The Morgan fingerprint density at radius 2 is 0.818 bits per heavy atom. The molecule has 0 bridgehead atoms. The third-order valence-corrected chi connectivity index (χ3v) is 11.3. The van der Waals surface area contributed by atoms with Crippen molar-refractivity contribution in [1.29, 1.82) is 0 Å². The summed E-state index contributed by atoms with van der Waals surface area (Å²) in [7, 11) is 0. The Bertz CT molecular complexity index is 703. The molecule has 0 N–H and O–H groups in total. The molecule has 0 amide bonds. The van der Waals surface area contributed by atoms with Crippen LogP contribution in [0.15, 0.2) is 85.6 Å². The molecule has 0 radical (unpaired) electrons. The summed E-state index contributed by atoms with van der Waals surface area (Å²) >= 11 is 14.9. The fraction of sp³-hybridized carbons (Fsp3) is 0. The zero-order valence-corrected chi connectivity index (χ0v) is 17.4. The number of fused-ring (bicyclic) bond motifs is 2. The van der Waals surface area contributed by atoms with Crippen molar-refractivity contribution < 1.29 is 0 Å². The molecule has 0 saturated heterocycles. The van der Waals surface area contributed by atoms with E-state index in [0.29, 0.717) is 0 Å². The Hall–Kier alpha value is 0.280. The van der Waals surface area contributed by atoms with Crippen LogP contribution in [0.25, 0.3) is 0 Å². The zero-order valence-electron chi connectivity index (χ0n) is 11.0. The van der Waals surface area contributed by atoms with Crippen molar-refractivity contribution in [2.45, 2.75) is 19.6 Å². The predicted octanol–water partition coefficient (Wildman–Crippen LogP) is 7.91. The highest BCUT2D eigenvalue weighted by Gasteiger charge is 2.25. The van der Waals surface area contributed by atoms with Crippen molar-refractivity contribution in [1.82, 2.24) is 0 Å². The van der Waals surface area contributed by atoms with Crippen LogP contribution in [0.3, 0.4) is 0 Å². The molecular formula is C16H8Br2S4. The second-order valence-electron chi connectivity index (χ2n) is 4.50. The van der Waals surface area contributed by atoms with Crippen LogP contribution in [-0.2, 0) is 0 Å². The lowest BCUT2D eigenvalue weighted by atomic mass is 10.4. The summed E-state index contributed by atoms with van der Waals surface area (Å²) in [5.41, 5.74) is 0. The molecule has 0 aromatic heterocycles. The Kier molecular flexibility index (Phi) is 4.77. The second-order valence-corrected chi connectivity index (χ2v) is 10.8. The van der Waals surface area contributed by atoms with E-state index >= 15 is 0 Å². The van der Waals surface area contributed by atoms with Crippen LogP contribution < -0.4 is 0 Å². The van der Waals surface area contributed by atoms with Crippen molar-refractivity contribution in [3.63, 3.8) is 0 Å². The molecule has 110 valence electrons. The van der Waals surface area contributed by atoms with E-state index in [1.807, 2.05) is 47.0 Å². The van der Waals surface area contributed by atoms with E-state index in [9.17, 15) is 0 Å². The predicted molar refractivity (Wildman–Crippen MR) is 108 cm³/mol. The van der Waals surface area contributed by atoms with Crippen LogP contribution in [-0.4, -0.2) is 0 Å². The van der Waals surface area contributed by atoms with Gasteiger partial charge in [0, 0.05) is 19.6 Å². The molecule has 2 heterocycles. The van der Waals surface area contributed by atoms with Gasteiger partial charge in [0.1, 0.15) is 0 Å². The Morgan fingerprint density at radius 1 is 0.545 bits per heavy atom. The number of benzene rings is 2. The van der Waals surface area contributed by atoms with Crippen LogP contribution in [0.4, 0.5) is 0 Å². The number of thioether (sulfide) groups is 4. The molecule has 0 aliphatic carbocycles. The summed E-state index contributed by atoms with van der Waals surface area (Å²) in [6.45, 7) is 0. The van der Waals surface area contributed by atoms with Crippen molar-refractivity contribution >= 4 is 78.9 Å². The maximum atomic E-state index is 3.79. The van der Waals surface area contributed by atoms with Gasteiger partial charge in [-0.3, -0.25) is 0 Å². The number of rotatable bonds is 1. The minimum Gasteiger partial charge on any atom is -0.0803 e. The zero-order chi connectivity index (χ0) is 15.1. The van der Waals surface area contributed by atoms with Crippen molar-refractivity contribution in [3.8, 4) is 0 Å². The van der Waals surface area contributed by atoms with E-state index in [2.05, 4.69) is 80.4 Å². The summed E-state index contributed by atoms with van der Waals surface area (Å²) in [5, 5.41) is 0. The molecule has 4 rings (SSSR count). The Labute approximate surface area is 163 Å². The SMILES string of the molecule is BrC(=C1Sc2ccccc2S1)C(Br)=C1Sc2ccccc2S1. The maximum Gasteiger partial charge on any atom is 0.0653 e. The first-order valence-electron chi connectivity index (χ1n) is 6.42. The summed E-state index contributed by atoms with van der Waals surface area (Å²) in [6, 6.07) is 17.1. The summed E-state index contributed by atoms with van der Waals surface area (Å²) in [6.07, 6.45) is 0. The molecule has 0 atom stereocenters. The first-order valence-corrected chi connectivity index (χ1v) is 11.3. The largest absolute Gasteiger partial charge is 0.0803 e. The summed E-state index contributed by atoms with van der Waals surface area (Å²) in [5.74, 6) is 0. The number of hydrogen-bond donors (Lipinski definition) is 0. The summed E-state index contributed by atoms with van der Waals surface area (Å²) in [4.78, 5) is 5.33. The van der Waals surface area contributed by atoms with E-state index in [1.165, 1.54) is 28.1 Å². The first-order chi connectivity index (χ1) is 10.7. The van der Waals surface area contributed by atoms with Gasteiger partial charge < -0.3 is 0 Å². The fourth-order valence-electron chi connectivity index (χ4n) is 2.04. The summed E-state index contributed by atoms with van der Waals surface area (Å²) < 4.78 is 4.86. The molecule has 2 aromatic rings.